The molecule has 1 atom stereocenters. The molecule has 3 N–H and O–H groups in total. The van der Waals surface area contributed by atoms with E-state index < -0.39 is 5.92 Å². The molecule has 1 aliphatic heterocycles. The maximum atomic E-state index is 13.0. The number of carbonyl (C=O) groups excluding carboxylic acids is 1. The Kier molecular flexibility index (Phi) is 6.18. The van der Waals surface area contributed by atoms with Crippen LogP contribution in [0.1, 0.15) is 17.0 Å². The number of hydrogen-bond acceptors (Lipinski definition) is 6. The van der Waals surface area contributed by atoms with Gasteiger partial charge < -0.3 is 20.9 Å². The molecule has 4 rings (SSSR count). The number of amides is 1. The molecule has 1 amide bonds. The second-order valence-electron chi connectivity index (χ2n) is 8.23. The standard InChI is InChI=1S/C25H28N6O/c1-30(2)13-14-31(3)22-12-10-19(16-27-22)28-24(17-7-5-4-6-8-17)23-20-11-9-18(26)15-21(20)29-25(23)32/h4-12,15-16,23H,13-14,26H2,1-3H3,(H,29,32). The lowest BCUT2D eigenvalue weighted by Gasteiger charge is -2.20. The quantitative estimate of drug-likeness (QED) is 0.444. The van der Waals surface area contributed by atoms with Crippen LogP contribution in [0.2, 0.25) is 0 Å². The van der Waals surface area contributed by atoms with E-state index in [0.29, 0.717) is 17.1 Å². The molecule has 2 aromatic carbocycles. The molecule has 7 nitrogen and oxygen atoms in total. The molecule has 0 spiro atoms. The number of likely N-dealkylation sites (N-methyl/N-ethyl adjacent to an activating group) is 2. The first-order valence-corrected chi connectivity index (χ1v) is 10.6. The summed E-state index contributed by atoms with van der Waals surface area (Å²) in [6, 6.07) is 19.2. The second-order valence-corrected chi connectivity index (χ2v) is 8.23. The highest BCUT2D eigenvalue weighted by Gasteiger charge is 2.35. The van der Waals surface area contributed by atoms with Gasteiger partial charge in [-0.15, -0.1) is 0 Å². The van der Waals surface area contributed by atoms with Gasteiger partial charge in [-0.1, -0.05) is 36.4 Å². The normalized spacial score (nSPS) is 15.6. The Morgan fingerprint density at radius 1 is 1.06 bits per heavy atom. The van der Waals surface area contributed by atoms with Crippen molar-refractivity contribution in [3.63, 3.8) is 0 Å². The Bertz CT molecular complexity index is 1120. The van der Waals surface area contributed by atoms with Gasteiger partial charge in [-0.25, -0.2) is 4.98 Å². The van der Waals surface area contributed by atoms with Crippen LogP contribution in [0.5, 0.6) is 0 Å². The lowest BCUT2D eigenvalue weighted by atomic mass is 9.90. The highest BCUT2D eigenvalue weighted by molar-refractivity contribution is 6.24. The molecule has 1 unspecified atom stereocenters. The number of rotatable bonds is 7. The van der Waals surface area contributed by atoms with Crippen molar-refractivity contribution in [1.29, 1.82) is 0 Å². The van der Waals surface area contributed by atoms with E-state index in [9.17, 15) is 4.79 Å². The van der Waals surface area contributed by atoms with Crippen LogP contribution in [0.4, 0.5) is 22.9 Å². The molecule has 0 radical (unpaired) electrons. The number of anilines is 3. The predicted molar refractivity (Wildman–Crippen MR) is 131 cm³/mol. The van der Waals surface area contributed by atoms with Gasteiger partial charge in [-0.3, -0.25) is 9.79 Å². The number of nitrogens with one attached hydrogen (secondary N) is 1. The third-order valence-corrected chi connectivity index (χ3v) is 5.51. The van der Waals surface area contributed by atoms with Gasteiger partial charge in [0.25, 0.3) is 0 Å². The first-order chi connectivity index (χ1) is 15.4. The van der Waals surface area contributed by atoms with Gasteiger partial charge in [0.2, 0.25) is 5.91 Å². The van der Waals surface area contributed by atoms with E-state index in [0.717, 1.165) is 35.7 Å². The summed E-state index contributed by atoms with van der Waals surface area (Å²) in [6.45, 7) is 1.82. The minimum Gasteiger partial charge on any atom is -0.399 e. The zero-order valence-corrected chi connectivity index (χ0v) is 18.6. The van der Waals surface area contributed by atoms with Crippen LogP contribution in [-0.4, -0.2) is 55.7 Å². The average Bonchev–Trinajstić information content (AvgIpc) is 3.11. The van der Waals surface area contributed by atoms with Crippen molar-refractivity contribution in [3.8, 4) is 0 Å². The molecular weight excluding hydrogens is 400 g/mol. The van der Waals surface area contributed by atoms with Gasteiger partial charge in [0.1, 0.15) is 11.7 Å². The van der Waals surface area contributed by atoms with Crippen LogP contribution in [0.15, 0.2) is 71.9 Å². The molecule has 0 saturated heterocycles. The fourth-order valence-electron chi connectivity index (χ4n) is 3.73. The molecule has 1 aromatic heterocycles. The molecular formula is C25H28N6O. The van der Waals surface area contributed by atoms with E-state index in [1.54, 1.807) is 12.3 Å². The SMILES string of the molecule is CN(C)CCN(C)c1ccc(N=C(c2ccccc2)C2C(=O)Nc3cc(N)ccc32)cn1. The minimum absolute atomic E-state index is 0.110. The summed E-state index contributed by atoms with van der Waals surface area (Å²) < 4.78 is 0. The largest absolute Gasteiger partial charge is 0.399 e. The summed E-state index contributed by atoms with van der Waals surface area (Å²) in [5.41, 5.74) is 10.4. The molecule has 32 heavy (non-hydrogen) atoms. The Balaban J connectivity index is 1.69. The zero-order valence-electron chi connectivity index (χ0n) is 18.6. The summed E-state index contributed by atoms with van der Waals surface area (Å²) in [7, 11) is 6.13. The Labute approximate surface area is 188 Å². The fraction of sp³-hybridized carbons (Fsp3) is 0.240. The summed E-state index contributed by atoms with van der Waals surface area (Å²) in [5.74, 6) is 0.253. The summed E-state index contributed by atoms with van der Waals surface area (Å²) >= 11 is 0. The van der Waals surface area contributed by atoms with Crippen LogP contribution in [0.25, 0.3) is 0 Å². The molecule has 0 bridgehead atoms. The van der Waals surface area contributed by atoms with Gasteiger partial charge in [0.05, 0.1) is 17.6 Å². The van der Waals surface area contributed by atoms with Crippen molar-refractivity contribution in [3.05, 3.63) is 78.0 Å². The average molecular weight is 429 g/mol. The van der Waals surface area contributed by atoms with Crippen molar-refractivity contribution in [1.82, 2.24) is 9.88 Å². The monoisotopic (exact) mass is 428 g/mol. The first kappa shape index (κ1) is 21.5. The summed E-state index contributed by atoms with van der Waals surface area (Å²) in [6.07, 6.45) is 1.75. The fourth-order valence-corrected chi connectivity index (χ4v) is 3.73. The van der Waals surface area contributed by atoms with Crippen molar-refractivity contribution in [2.75, 3.05) is 50.2 Å². The zero-order chi connectivity index (χ0) is 22.7. The first-order valence-electron chi connectivity index (χ1n) is 10.6. The molecule has 164 valence electrons. The molecule has 1 aliphatic rings. The van der Waals surface area contributed by atoms with Crippen LogP contribution >= 0.6 is 0 Å². The number of aromatic nitrogens is 1. The number of hydrogen-bond donors (Lipinski definition) is 2. The summed E-state index contributed by atoms with van der Waals surface area (Å²) in [5, 5.41) is 2.95. The highest BCUT2D eigenvalue weighted by atomic mass is 16.2. The van der Waals surface area contributed by atoms with E-state index >= 15 is 0 Å². The third-order valence-electron chi connectivity index (χ3n) is 5.51. The maximum absolute atomic E-state index is 13.0. The number of pyridine rings is 1. The number of fused-ring (bicyclic) bond motifs is 1. The van der Waals surface area contributed by atoms with Gasteiger partial charge in [-0.05, 0) is 49.5 Å². The van der Waals surface area contributed by atoms with Gasteiger partial charge in [-0.2, -0.15) is 0 Å². The van der Waals surface area contributed by atoms with E-state index in [-0.39, 0.29) is 5.91 Å². The van der Waals surface area contributed by atoms with Crippen LogP contribution in [0.3, 0.4) is 0 Å². The highest BCUT2D eigenvalue weighted by Crippen LogP contribution is 2.37. The molecule has 2 heterocycles. The Morgan fingerprint density at radius 2 is 1.84 bits per heavy atom. The number of nitrogen functional groups attached to an aromatic ring is 1. The van der Waals surface area contributed by atoms with Gasteiger partial charge >= 0.3 is 0 Å². The third kappa shape index (κ3) is 4.63. The van der Waals surface area contributed by atoms with Crippen LogP contribution in [0, 0.1) is 0 Å². The van der Waals surface area contributed by atoms with Crippen LogP contribution in [-0.2, 0) is 4.79 Å². The van der Waals surface area contributed by atoms with E-state index in [4.69, 9.17) is 10.7 Å². The molecule has 7 heteroatoms. The van der Waals surface area contributed by atoms with Crippen molar-refractivity contribution >= 4 is 34.5 Å². The van der Waals surface area contributed by atoms with Crippen molar-refractivity contribution in [2.24, 2.45) is 4.99 Å². The lowest BCUT2D eigenvalue weighted by Crippen LogP contribution is -2.28. The molecule has 0 saturated carbocycles. The predicted octanol–water partition coefficient (Wildman–Crippen LogP) is 3.52. The minimum atomic E-state index is -0.518. The van der Waals surface area contributed by atoms with Gasteiger partial charge in [0, 0.05) is 31.5 Å². The number of aliphatic imine (C=N–C) groups is 1. The Morgan fingerprint density at radius 3 is 2.53 bits per heavy atom. The summed E-state index contributed by atoms with van der Waals surface area (Å²) in [4.78, 5) is 26.7. The van der Waals surface area contributed by atoms with Crippen molar-refractivity contribution in [2.45, 2.75) is 5.92 Å². The topological polar surface area (TPSA) is 86.8 Å². The number of nitrogens with zero attached hydrogens (tertiary/aromatic N) is 4. The van der Waals surface area contributed by atoms with E-state index in [2.05, 4.69) is 34.2 Å². The van der Waals surface area contributed by atoms with E-state index in [1.807, 2.05) is 61.6 Å². The number of carbonyl (C=O) groups is 1. The molecule has 3 aromatic rings. The molecule has 0 fully saturated rings. The number of nitrogens with two attached hydrogens (primary N) is 1. The van der Waals surface area contributed by atoms with Crippen LogP contribution < -0.4 is 16.0 Å². The smallest absolute Gasteiger partial charge is 0.238 e. The maximum Gasteiger partial charge on any atom is 0.238 e. The Hall–Kier alpha value is -3.71. The second kappa shape index (κ2) is 9.20. The molecule has 0 aliphatic carbocycles. The van der Waals surface area contributed by atoms with E-state index in [1.165, 1.54) is 0 Å². The number of benzene rings is 2. The lowest BCUT2D eigenvalue weighted by molar-refractivity contribution is -0.115. The van der Waals surface area contributed by atoms with Gasteiger partial charge in [0.15, 0.2) is 0 Å². The van der Waals surface area contributed by atoms with Crippen molar-refractivity contribution < 1.29 is 4.79 Å².